The van der Waals surface area contributed by atoms with Crippen LogP contribution in [0.15, 0.2) is 23.9 Å². The second-order valence-electron chi connectivity index (χ2n) is 3.25. The Bertz CT molecular complexity index is 427. The van der Waals surface area contributed by atoms with Gasteiger partial charge < -0.3 is 15.8 Å². The van der Waals surface area contributed by atoms with E-state index in [4.69, 9.17) is 10.5 Å². The van der Waals surface area contributed by atoms with E-state index in [1.165, 1.54) is 13.3 Å². The molecule has 0 saturated carbocycles. The molecule has 16 heavy (non-hydrogen) atoms. The van der Waals surface area contributed by atoms with Crippen LogP contribution in [0.3, 0.4) is 0 Å². The first-order valence-electron chi connectivity index (χ1n) is 4.82. The van der Waals surface area contributed by atoms with Gasteiger partial charge in [0.15, 0.2) is 11.6 Å². The number of methoxy groups -OCH3 is 1. The fourth-order valence-corrected chi connectivity index (χ4v) is 1.05. The molecule has 0 aliphatic heterocycles. The monoisotopic (exact) mass is 221 g/mol. The van der Waals surface area contributed by atoms with Gasteiger partial charge in [0.2, 0.25) is 0 Å². The molecule has 5 heteroatoms. The SMILES string of the molecule is C/C=C(/C)C(=O)Nc1ncc(N)cc1OC. The summed E-state index contributed by atoms with van der Waals surface area (Å²) in [6.07, 6.45) is 3.18. The molecule has 0 aliphatic carbocycles. The highest BCUT2D eigenvalue weighted by molar-refractivity contribution is 6.03. The molecule has 0 fully saturated rings. The molecule has 0 radical (unpaired) electrons. The molecule has 0 aliphatic rings. The minimum Gasteiger partial charge on any atom is -0.493 e. The molecule has 1 rings (SSSR count). The van der Waals surface area contributed by atoms with Crippen molar-refractivity contribution in [3.8, 4) is 5.75 Å². The predicted octanol–water partition coefficient (Wildman–Crippen LogP) is 1.58. The second-order valence-corrected chi connectivity index (χ2v) is 3.25. The van der Waals surface area contributed by atoms with Gasteiger partial charge in [-0.1, -0.05) is 6.08 Å². The summed E-state index contributed by atoms with van der Waals surface area (Å²) in [5.74, 6) is 0.596. The van der Waals surface area contributed by atoms with Crippen molar-refractivity contribution < 1.29 is 9.53 Å². The number of nitrogens with one attached hydrogen (secondary N) is 1. The summed E-state index contributed by atoms with van der Waals surface area (Å²) in [6, 6.07) is 1.60. The van der Waals surface area contributed by atoms with E-state index in [0.29, 0.717) is 22.8 Å². The quantitative estimate of drug-likeness (QED) is 0.759. The Morgan fingerprint density at radius 2 is 2.31 bits per heavy atom. The molecular weight excluding hydrogens is 206 g/mol. The van der Waals surface area contributed by atoms with Crippen LogP contribution in [-0.4, -0.2) is 18.0 Å². The molecule has 0 saturated heterocycles. The van der Waals surface area contributed by atoms with Crippen LogP contribution >= 0.6 is 0 Å². The molecular formula is C11H15N3O2. The second kappa shape index (κ2) is 5.16. The van der Waals surface area contributed by atoms with Crippen molar-refractivity contribution in [3.63, 3.8) is 0 Å². The van der Waals surface area contributed by atoms with E-state index in [0.717, 1.165) is 0 Å². The van der Waals surface area contributed by atoms with Gasteiger partial charge in [0.25, 0.3) is 5.91 Å². The number of rotatable bonds is 3. The normalized spacial score (nSPS) is 11.1. The molecule has 0 bridgehead atoms. The zero-order chi connectivity index (χ0) is 12.1. The van der Waals surface area contributed by atoms with E-state index in [1.807, 2.05) is 0 Å². The summed E-state index contributed by atoms with van der Waals surface area (Å²) >= 11 is 0. The molecule has 0 spiro atoms. The number of nitrogen functional groups attached to an aromatic ring is 1. The van der Waals surface area contributed by atoms with Gasteiger partial charge in [-0.15, -0.1) is 0 Å². The molecule has 5 nitrogen and oxygen atoms in total. The third-order valence-electron chi connectivity index (χ3n) is 2.12. The van der Waals surface area contributed by atoms with Crippen LogP contribution in [0.25, 0.3) is 0 Å². The highest BCUT2D eigenvalue weighted by atomic mass is 16.5. The van der Waals surface area contributed by atoms with E-state index in [1.54, 1.807) is 26.0 Å². The third kappa shape index (κ3) is 2.73. The fourth-order valence-electron chi connectivity index (χ4n) is 1.05. The minimum atomic E-state index is -0.210. The lowest BCUT2D eigenvalue weighted by atomic mass is 10.2. The maximum absolute atomic E-state index is 11.6. The Morgan fingerprint density at radius 1 is 1.62 bits per heavy atom. The maximum Gasteiger partial charge on any atom is 0.252 e. The number of hydrogen-bond donors (Lipinski definition) is 2. The summed E-state index contributed by atoms with van der Waals surface area (Å²) in [5, 5.41) is 2.64. The van der Waals surface area contributed by atoms with Crippen molar-refractivity contribution in [2.24, 2.45) is 0 Å². The number of pyridine rings is 1. The van der Waals surface area contributed by atoms with Crippen molar-refractivity contribution >= 4 is 17.4 Å². The van der Waals surface area contributed by atoms with Gasteiger partial charge >= 0.3 is 0 Å². The summed E-state index contributed by atoms with van der Waals surface area (Å²) in [7, 11) is 1.49. The summed E-state index contributed by atoms with van der Waals surface area (Å²) in [4.78, 5) is 15.6. The van der Waals surface area contributed by atoms with Crippen LogP contribution in [0.5, 0.6) is 5.75 Å². The molecule has 1 amide bonds. The number of carbonyl (C=O) groups excluding carboxylic acids is 1. The highest BCUT2D eigenvalue weighted by Gasteiger charge is 2.09. The lowest BCUT2D eigenvalue weighted by Crippen LogP contribution is -2.14. The Kier molecular flexibility index (Phi) is 3.88. The third-order valence-corrected chi connectivity index (χ3v) is 2.12. The molecule has 0 unspecified atom stereocenters. The van der Waals surface area contributed by atoms with Crippen LogP contribution < -0.4 is 15.8 Å². The minimum absolute atomic E-state index is 0.210. The maximum atomic E-state index is 11.6. The Labute approximate surface area is 94.3 Å². The first-order chi connectivity index (χ1) is 7.58. The van der Waals surface area contributed by atoms with Crippen LogP contribution in [0.1, 0.15) is 13.8 Å². The van der Waals surface area contributed by atoms with Gasteiger partial charge in [-0.25, -0.2) is 4.98 Å². The lowest BCUT2D eigenvalue weighted by molar-refractivity contribution is -0.112. The zero-order valence-corrected chi connectivity index (χ0v) is 9.57. The molecule has 86 valence electrons. The Balaban J connectivity index is 2.93. The lowest BCUT2D eigenvalue weighted by Gasteiger charge is -2.09. The number of ether oxygens (including phenoxy) is 1. The van der Waals surface area contributed by atoms with Crippen LogP contribution in [0.4, 0.5) is 11.5 Å². The number of amides is 1. The van der Waals surface area contributed by atoms with Crippen molar-refractivity contribution in [2.75, 3.05) is 18.2 Å². The van der Waals surface area contributed by atoms with E-state index in [-0.39, 0.29) is 5.91 Å². The van der Waals surface area contributed by atoms with E-state index in [9.17, 15) is 4.79 Å². The van der Waals surface area contributed by atoms with Crippen molar-refractivity contribution in [2.45, 2.75) is 13.8 Å². The van der Waals surface area contributed by atoms with Crippen molar-refractivity contribution in [3.05, 3.63) is 23.9 Å². The average Bonchev–Trinajstić information content (AvgIpc) is 2.30. The Hall–Kier alpha value is -2.04. The molecule has 1 aromatic rings. The number of nitrogens with zero attached hydrogens (tertiary/aromatic N) is 1. The molecule has 1 heterocycles. The van der Waals surface area contributed by atoms with Gasteiger partial charge in [-0.2, -0.15) is 0 Å². The predicted molar refractivity (Wildman–Crippen MR) is 63.3 cm³/mol. The van der Waals surface area contributed by atoms with Crippen LogP contribution in [0.2, 0.25) is 0 Å². The fraction of sp³-hybridized carbons (Fsp3) is 0.273. The topological polar surface area (TPSA) is 77.2 Å². The van der Waals surface area contributed by atoms with Gasteiger partial charge in [0.1, 0.15) is 0 Å². The highest BCUT2D eigenvalue weighted by Crippen LogP contribution is 2.23. The van der Waals surface area contributed by atoms with Crippen molar-refractivity contribution in [1.29, 1.82) is 0 Å². The van der Waals surface area contributed by atoms with E-state index in [2.05, 4.69) is 10.3 Å². The molecule has 0 atom stereocenters. The molecule has 1 aromatic heterocycles. The van der Waals surface area contributed by atoms with E-state index < -0.39 is 0 Å². The average molecular weight is 221 g/mol. The number of anilines is 2. The van der Waals surface area contributed by atoms with Crippen LogP contribution in [-0.2, 0) is 4.79 Å². The van der Waals surface area contributed by atoms with Gasteiger partial charge in [0.05, 0.1) is 19.0 Å². The summed E-state index contributed by atoms with van der Waals surface area (Å²) in [5.41, 5.74) is 6.65. The van der Waals surface area contributed by atoms with Gasteiger partial charge in [0, 0.05) is 11.6 Å². The number of hydrogen-bond acceptors (Lipinski definition) is 4. The van der Waals surface area contributed by atoms with Gasteiger partial charge in [-0.3, -0.25) is 4.79 Å². The number of carbonyl (C=O) groups is 1. The number of aromatic nitrogens is 1. The van der Waals surface area contributed by atoms with E-state index >= 15 is 0 Å². The molecule has 3 N–H and O–H groups in total. The van der Waals surface area contributed by atoms with Crippen LogP contribution in [0, 0.1) is 0 Å². The van der Waals surface area contributed by atoms with Crippen molar-refractivity contribution in [1.82, 2.24) is 4.98 Å². The first-order valence-corrected chi connectivity index (χ1v) is 4.82. The number of nitrogens with two attached hydrogens (primary N) is 1. The first kappa shape index (κ1) is 12.0. The molecule has 0 aromatic carbocycles. The largest absolute Gasteiger partial charge is 0.493 e. The summed E-state index contributed by atoms with van der Waals surface area (Å²) in [6.45, 7) is 3.52. The standard InChI is InChI=1S/C11H15N3O2/c1-4-7(2)11(15)14-10-9(16-3)5-8(12)6-13-10/h4-6H,12H2,1-3H3,(H,13,14,15)/b7-4-. The smallest absolute Gasteiger partial charge is 0.252 e. The van der Waals surface area contributed by atoms with Gasteiger partial charge in [-0.05, 0) is 13.8 Å². The zero-order valence-electron chi connectivity index (χ0n) is 9.57. The summed E-state index contributed by atoms with van der Waals surface area (Å²) < 4.78 is 5.06. The Morgan fingerprint density at radius 3 is 2.88 bits per heavy atom. The number of allylic oxidation sites excluding steroid dienone is 1.